The van der Waals surface area contributed by atoms with Crippen molar-refractivity contribution < 1.29 is 22.7 Å². The highest BCUT2D eigenvalue weighted by molar-refractivity contribution is 7.98. The summed E-state index contributed by atoms with van der Waals surface area (Å²) in [4.78, 5) is 19.9. The highest BCUT2D eigenvalue weighted by atomic mass is 32.2. The highest BCUT2D eigenvalue weighted by Gasteiger charge is 2.30. The molecule has 0 unspecified atom stereocenters. The van der Waals surface area contributed by atoms with Crippen molar-refractivity contribution in [2.45, 2.75) is 24.2 Å². The van der Waals surface area contributed by atoms with Crippen LogP contribution in [0.5, 0.6) is 5.88 Å². The average Bonchev–Trinajstić information content (AvgIpc) is 2.57. The first kappa shape index (κ1) is 19.6. The number of benzene rings is 1. The molecule has 0 bridgehead atoms. The Morgan fingerprint density at radius 1 is 1.31 bits per heavy atom. The maximum Gasteiger partial charge on any atom is 0.416 e. The molecule has 2 rings (SSSR count). The van der Waals surface area contributed by atoms with Gasteiger partial charge in [-0.1, -0.05) is 6.07 Å². The second-order valence-corrected chi connectivity index (χ2v) is 5.93. The van der Waals surface area contributed by atoms with Crippen molar-refractivity contribution in [3.05, 3.63) is 29.8 Å². The van der Waals surface area contributed by atoms with E-state index in [9.17, 15) is 18.0 Å². The third kappa shape index (κ3) is 4.69. The third-order valence-corrected chi connectivity index (χ3v) is 3.90. The molecule has 2 aromatic rings. The monoisotopic (exact) mass is 387 g/mol. The van der Waals surface area contributed by atoms with Gasteiger partial charge in [0.25, 0.3) is 5.91 Å². The topological polar surface area (TPSA) is 116 Å². The first-order chi connectivity index (χ1) is 12.1. The Balaban J connectivity index is 2.13. The van der Waals surface area contributed by atoms with Gasteiger partial charge in [-0.3, -0.25) is 4.79 Å². The molecule has 26 heavy (non-hydrogen) atoms. The molecule has 140 valence electrons. The highest BCUT2D eigenvalue weighted by Crippen LogP contribution is 2.31. The van der Waals surface area contributed by atoms with Gasteiger partial charge in [0.2, 0.25) is 11.8 Å². The number of aromatic nitrogens is 2. The molecule has 11 heteroatoms. The summed E-state index contributed by atoms with van der Waals surface area (Å²) in [5, 5.41) is 2.74. The largest absolute Gasteiger partial charge is 0.463 e. The minimum Gasteiger partial charge on any atom is -0.463 e. The fourth-order valence-electron chi connectivity index (χ4n) is 1.93. The normalized spacial score (nSPS) is 12.5. The smallest absolute Gasteiger partial charge is 0.416 e. The van der Waals surface area contributed by atoms with Gasteiger partial charge in [0.1, 0.15) is 10.7 Å². The van der Waals surface area contributed by atoms with Crippen LogP contribution in [0, 0.1) is 0 Å². The summed E-state index contributed by atoms with van der Waals surface area (Å²) in [6.45, 7) is 1.40. The van der Waals surface area contributed by atoms with Crippen LogP contribution in [0.15, 0.2) is 29.3 Å². The van der Waals surface area contributed by atoms with E-state index in [2.05, 4.69) is 15.3 Å². The molecule has 0 aliphatic rings. The van der Waals surface area contributed by atoms with Gasteiger partial charge in [0, 0.05) is 5.69 Å². The van der Waals surface area contributed by atoms with Crippen LogP contribution in [0.3, 0.4) is 0 Å². The van der Waals surface area contributed by atoms with Crippen LogP contribution in [0.4, 0.5) is 30.5 Å². The van der Waals surface area contributed by atoms with E-state index in [1.165, 1.54) is 30.8 Å². The molecule has 1 amide bonds. The van der Waals surface area contributed by atoms with Crippen molar-refractivity contribution >= 4 is 35.0 Å². The van der Waals surface area contributed by atoms with Gasteiger partial charge in [-0.05, 0) is 31.4 Å². The van der Waals surface area contributed by atoms with Crippen LogP contribution in [0.25, 0.3) is 0 Å². The predicted molar refractivity (Wildman–Crippen MR) is 92.8 cm³/mol. The number of amides is 1. The number of nitrogens with zero attached hydrogens (tertiary/aromatic N) is 2. The fourth-order valence-corrected chi connectivity index (χ4v) is 2.42. The number of nitrogens with one attached hydrogen (secondary N) is 1. The Hall–Kier alpha value is -2.69. The Morgan fingerprint density at radius 2 is 2.00 bits per heavy atom. The van der Waals surface area contributed by atoms with E-state index in [0.717, 1.165) is 12.1 Å². The lowest BCUT2D eigenvalue weighted by Gasteiger charge is -2.16. The van der Waals surface area contributed by atoms with Crippen LogP contribution < -0.4 is 21.5 Å². The lowest BCUT2D eigenvalue weighted by Crippen LogP contribution is -2.31. The van der Waals surface area contributed by atoms with Crippen LogP contribution in [-0.4, -0.2) is 28.2 Å². The standard InChI is InChI=1S/C15H16F3N5O2S/c1-7(25-12-10(19)13(26-2)23-14(20)22-12)11(24)21-9-5-3-4-8(6-9)15(16,17)18/h3-7H,19H2,1-2H3,(H,21,24)(H2,20,22,23)/t7-/m0/s1. The Bertz CT molecular complexity index is 816. The minimum absolute atomic E-state index is 0.0137. The van der Waals surface area contributed by atoms with E-state index in [1.807, 2.05) is 0 Å². The number of nitrogen functional groups attached to an aromatic ring is 2. The number of anilines is 3. The van der Waals surface area contributed by atoms with Crippen molar-refractivity contribution in [1.29, 1.82) is 0 Å². The van der Waals surface area contributed by atoms with Crippen molar-refractivity contribution in [3.8, 4) is 5.88 Å². The average molecular weight is 387 g/mol. The molecule has 0 aliphatic carbocycles. The molecular weight excluding hydrogens is 371 g/mol. The van der Waals surface area contributed by atoms with E-state index in [4.69, 9.17) is 16.2 Å². The van der Waals surface area contributed by atoms with E-state index < -0.39 is 23.8 Å². The lowest BCUT2D eigenvalue weighted by atomic mass is 10.2. The number of rotatable bonds is 5. The number of carbonyl (C=O) groups is 1. The summed E-state index contributed by atoms with van der Waals surface area (Å²) in [5.74, 6) is -0.829. The molecule has 0 spiro atoms. The van der Waals surface area contributed by atoms with E-state index in [1.54, 1.807) is 6.26 Å². The van der Waals surface area contributed by atoms with Crippen LogP contribution in [0.1, 0.15) is 12.5 Å². The molecule has 0 fully saturated rings. The molecule has 1 atom stereocenters. The number of ether oxygens (including phenoxy) is 1. The van der Waals surface area contributed by atoms with Crippen molar-refractivity contribution in [2.75, 3.05) is 23.0 Å². The molecule has 7 nitrogen and oxygen atoms in total. The van der Waals surface area contributed by atoms with Gasteiger partial charge in [-0.15, -0.1) is 11.8 Å². The summed E-state index contributed by atoms with van der Waals surface area (Å²) in [6.07, 6.45) is -3.87. The van der Waals surface area contributed by atoms with Crippen molar-refractivity contribution in [3.63, 3.8) is 0 Å². The first-order valence-corrected chi connectivity index (χ1v) is 8.46. The number of alkyl halides is 3. The molecule has 0 radical (unpaired) electrons. The summed E-state index contributed by atoms with van der Waals surface area (Å²) in [7, 11) is 0. The third-order valence-electron chi connectivity index (χ3n) is 3.20. The molecule has 5 N–H and O–H groups in total. The van der Waals surface area contributed by atoms with E-state index >= 15 is 0 Å². The molecule has 0 aliphatic heterocycles. The quantitative estimate of drug-likeness (QED) is 0.533. The number of hydrogen-bond acceptors (Lipinski definition) is 7. The van der Waals surface area contributed by atoms with E-state index in [0.29, 0.717) is 5.03 Å². The molecule has 0 saturated carbocycles. The van der Waals surface area contributed by atoms with Gasteiger partial charge in [0.05, 0.1) is 5.56 Å². The number of carbonyl (C=O) groups excluding carboxylic acids is 1. The molecule has 1 aromatic heterocycles. The van der Waals surface area contributed by atoms with Crippen molar-refractivity contribution in [1.82, 2.24) is 9.97 Å². The summed E-state index contributed by atoms with van der Waals surface area (Å²) >= 11 is 1.22. The van der Waals surface area contributed by atoms with E-state index in [-0.39, 0.29) is 23.2 Å². The van der Waals surface area contributed by atoms with Crippen LogP contribution in [0.2, 0.25) is 0 Å². The van der Waals surface area contributed by atoms with Crippen molar-refractivity contribution in [2.24, 2.45) is 0 Å². The lowest BCUT2D eigenvalue weighted by molar-refractivity contribution is -0.137. The van der Waals surface area contributed by atoms with Gasteiger partial charge in [0.15, 0.2) is 6.10 Å². The number of halogens is 3. The molecule has 0 saturated heterocycles. The Morgan fingerprint density at radius 3 is 2.62 bits per heavy atom. The zero-order valence-corrected chi connectivity index (χ0v) is 14.6. The number of hydrogen-bond donors (Lipinski definition) is 3. The summed E-state index contributed by atoms with van der Waals surface area (Å²) in [5.41, 5.74) is 10.6. The second-order valence-electron chi connectivity index (χ2n) is 5.14. The van der Waals surface area contributed by atoms with Gasteiger partial charge >= 0.3 is 6.18 Å². The minimum atomic E-state index is -4.51. The molecule has 1 heterocycles. The first-order valence-electron chi connectivity index (χ1n) is 7.23. The zero-order valence-electron chi connectivity index (χ0n) is 13.8. The second kappa shape index (κ2) is 7.68. The summed E-state index contributed by atoms with van der Waals surface area (Å²) in [6, 6.07) is 4.26. The number of thioether (sulfide) groups is 1. The van der Waals surface area contributed by atoms with Gasteiger partial charge in [-0.2, -0.15) is 18.2 Å². The molecular formula is C15H16F3N5O2S. The SMILES string of the molecule is CSc1nc(N)nc(O[C@@H](C)C(=O)Nc2cccc(C(F)(F)F)c2)c1N. The summed E-state index contributed by atoms with van der Waals surface area (Å²) < 4.78 is 43.6. The molecule has 1 aromatic carbocycles. The fraction of sp³-hybridized carbons (Fsp3) is 0.267. The predicted octanol–water partition coefficient (Wildman–Crippen LogP) is 2.79. The number of nitrogens with two attached hydrogens (primary N) is 2. The maximum atomic E-state index is 12.7. The van der Waals surface area contributed by atoms with Gasteiger partial charge < -0.3 is 21.5 Å². The van der Waals surface area contributed by atoms with Crippen LogP contribution in [-0.2, 0) is 11.0 Å². The Labute approximate surface area is 151 Å². The van der Waals surface area contributed by atoms with Gasteiger partial charge in [-0.25, -0.2) is 4.98 Å². The Kier molecular flexibility index (Phi) is 5.80. The zero-order chi connectivity index (χ0) is 19.5. The maximum absolute atomic E-state index is 12.7. The van der Waals surface area contributed by atoms with Crippen LogP contribution >= 0.6 is 11.8 Å².